The molecule has 0 unspecified atom stereocenters. The molecule has 10 heteroatoms. The zero-order chi connectivity index (χ0) is 19.6. The summed E-state index contributed by atoms with van der Waals surface area (Å²) in [6.07, 6.45) is 1.89. The van der Waals surface area contributed by atoms with Crippen LogP contribution < -0.4 is 15.4 Å². The van der Waals surface area contributed by atoms with Gasteiger partial charge in [-0.2, -0.15) is 0 Å². The van der Waals surface area contributed by atoms with Crippen molar-refractivity contribution in [1.29, 1.82) is 0 Å². The van der Waals surface area contributed by atoms with Crippen molar-refractivity contribution in [3.8, 4) is 0 Å². The van der Waals surface area contributed by atoms with Crippen LogP contribution in [0.4, 0.5) is 10.5 Å². The lowest BCUT2D eigenvalue weighted by Gasteiger charge is -2.09. The van der Waals surface area contributed by atoms with Gasteiger partial charge in [0.15, 0.2) is 6.61 Å². The van der Waals surface area contributed by atoms with Crippen LogP contribution in [-0.2, 0) is 19.6 Å². The van der Waals surface area contributed by atoms with E-state index >= 15 is 0 Å². The number of nitrogens with one attached hydrogen (secondary N) is 3. The van der Waals surface area contributed by atoms with Crippen LogP contribution in [0.5, 0.6) is 0 Å². The van der Waals surface area contributed by atoms with Crippen LogP contribution in [0, 0.1) is 0 Å². The molecule has 0 atom stereocenters. The minimum absolute atomic E-state index is 0.0459. The average Bonchev–Trinajstić information content (AvgIpc) is 2.57. The zero-order valence-corrected chi connectivity index (χ0v) is 15.1. The Bertz CT molecular complexity index is 776. The Morgan fingerprint density at radius 2 is 2.00 bits per heavy atom. The van der Waals surface area contributed by atoms with Crippen molar-refractivity contribution in [2.75, 3.05) is 23.6 Å². The number of carbonyl (C=O) groups excluding carboxylic acids is 3. The molecule has 9 nitrogen and oxygen atoms in total. The zero-order valence-electron chi connectivity index (χ0n) is 14.3. The Balaban J connectivity index is 2.60. The largest absolute Gasteiger partial charge is 0.452 e. The fraction of sp³-hybridized carbons (Fsp3) is 0.312. The first-order valence-corrected chi connectivity index (χ1v) is 9.39. The van der Waals surface area contributed by atoms with Crippen molar-refractivity contribution in [1.82, 2.24) is 10.6 Å². The topological polar surface area (TPSA) is 131 Å². The van der Waals surface area contributed by atoms with Gasteiger partial charge >= 0.3 is 12.0 Å². The molecule has 0 fully saturated rings. The molecule has 3 amide bonds. The maximum atomic E-state index is 12.0. The van der Waals surface area contributed by atoms with Crippen LogP contribution in [0.1, 0.15) is 23.7 Å². The third kappa shape index (κ3) is 7.79. The van der Waals surface area contributed by atoms with Crippen LogP contribution in [0.3, 0.4) is 0 Å². The van der Waals surface area contributed by atoms with Crippen molar-refractivity contribution in [2.45, 2.75) is 13.3 Å². The number of imide groups is 1. The predicted octanol–water partition coefficient (Wildman–Crippen LogP) is 1.01. The molecule has 0 saturated heterocycles. The Morgan fingerprint density at radius 3 is 2.65 bits per heavy atom. The summed E-state index contributed by atoms with van der Waals surface area (Å²) in [4.78, 5) is 34.7. The molecule has 142 valence electrons. The molecule has 26 heavy (non-hydrogen) atoms. The summed E-state index contributed by atoms with van der Waals surface area (Å²) in [5.74, 6) is -1.68. The van der Waals surface area contributed by atoms with Gasteiger partial charge in [0.05, 0.1) is 11.3 Å². The molecule has 1 aromatic rings. The van der Waals surface area contributed by atoms with Crippen LogP contribution >= 0.6 is 0 Å². The summed E-state index contributed by atoms with van der Waals surface area (Å²) in [5.41, 5.74) is 0.270. The first-order valence-electron chi connectivity index (χ1n) is 7.73. The molecular weight excluding hydrogens is 362 g/mol. The molecule has 0 saturated carbocycles. The summed E-state index contributed by atoms with van der Waals surface area (Å²) in [7, 11) is -3.49. The van der Waals surface area contributed by atoms with E-state index in [1.807, 2.05) is 5.32 Å². The van der Waals surface area contributed by atoms with Gasteiger partial charge in [0, 0.05) is 12.2 Å². The molecule has 0 radical (unpaired) electrons. The molecule has 0 aliphatic carbocycles. The fourth-order valence-electron chi connectivity index (χ4n) is 1.80. The number of hydrogen-bond acceptors (Lipinski definition) is 6. The second kappa shape index (κ2) is 10.2. The normalized spacial score (nSPS) is 10.5. The van der Waals surface area contributed by atoms with Crippen LogP contribution in [0.2, 0.25) is 0 Å². The first kappa shape index (κ1) is 21.2. The summed E-state index contributed by atoms with van der Waals surface area (Å²) < 4.78 is 30.6. The standard InChI is InChI=1S/C16H21N3O6S/c1-3-8-17-16(22)18-14(20)11-25-15(21)12-6-5-7-13(10-12)19-26(23,24)9-4-2/h3,5-7,10,19H,1,4,8-9,11H2,2H3,(H2,17,18,20,22). The number of sulfonamides is 1. The molecule has 1 aromatic carbocycles. The van der Waals surface area contributed by atoms with Gasteiger partial charge in [-0.05, 0) is 24.6 Å². The van der Waals surface area contributed by atoms with E-state index in [4.69, 9.17) is 4.74 Å². The van der Waals surface area contributed by atoms with Crippen molar-refractivity contribution >= 4 is 33.6 Å². The van der Waals surface area contributed by atoms with E-state index in [1.54, 1.807) is 6.92 Å². The first-order chi connectivity index (χ1) is 12.3. The summed E-state index contributed by atoms with van der Waals surface area (Å²) in [5, 5.41) is 4.30. The van der Waals surface area contributed by atoms with Gasteiger partial charge in [0.25, 0.3) is 5.91 Å². The van der Waals surface area contributed by atoms with Gasteiger partial charge in [0.2, 0.25) is 10.0 Å². The maximum absolute atomic E-state index is 12.0. The molecule has 0 aromatic heterocycles. The van der Waals surface area contributed by atoms with E-state index < -0.39 is 34.5 Å². The SMILES string of the molecule is C=CCNC(=O)NC(=O)COC(=O)c1cccc(NS(=O)(=O)CCC)c1. The Kier molecular flexibility index (Phi) is 8.29. The number of hydrogen-bond donors (Lipinski definition) is 3. The number of carbonyl (C=O) groups is 3. The predicted molar refractivity (Wildman–Crippen MR) is 96.2 cm³/mol. The van der Waals surface area contributed by atoms with E-state index in [0.717, 1.165) is 0 Å². The van der Waals surface area contributed by atoms with Gasteiger partial charge in [-0.3, -0.25) is 14.8 Å². The monoisotopic (exact) mass is 383 g/mol. The number of rotatable bonds is 9. The average molecular weight is 383 g/mol. The molecule has 1 rings (SSSR count). The molecule has 0 aliphatic heterocycles. The molecule has 0 heterocycles. The van der Waals surface area contributed by atoms with Crippen LogP contribution in [0.25, 0.3) is 0 Å². The van der Waals surface area contributed by atoms with Crippen molar-refractivity contribution in [2.24, 2.45) is 0 Å². The van der Waals surface area contributed by atoms with Gasteiger partial charge in [-0.15, -0.1) is 6.58 Å². The number of ether oxygens (including phenoxy) is 1. The Morgan fingerprint density at radius 1 is 1.27 bits per heavy atom. The smallest absolute Gasteiger partial charge is 0.338 e. The highest BCUT2D eigenvalue weighted by Crippen LogP contribution is 2.13. The highest BCUT2D eigenvalue weighted by Gasteiger charge is 2.14. The van der Waals surface area contributed by atoms with Gasteiger partial charge < -0.3 is 10.1 Å². The third-order valence-electron chi connectivity index (χ3n) is 2.84. The van der Waals surface area contributed by atoms with E-state index in [9.17, 15) is 22.8 Å². The van der Waals surface area contributed by atoms with Crippen LogP contribution in [0.15, 0.2) is 36.9 Å². The molecule has 3 N–H and O–H groups in total. The highest BCUT2D eigenvalue weighted by atomic mass is 32.2. The fourth-order valence-corrected chi connectivity index (χ4v) is 2.92. The lowest BCUT2D eigenvalue weighted by Crippen LogP contribution is -2.41. The van der Waals surface area contributed by atoms with Gasteiger partial charge in [0.1, 0.15) is 0 Å². The van der Waals surface area contributed by atoms with Crippen molar-refractivity contribution in [3.63, 3.8) is 0 Å². The van der Waals surface area contributed by atoms with E-state index in [1.165, 1.54) is 30.3 Å². The molecular formula is C16H21N3O6S. The minimum Gasteiger partial charge on any atom is -0.452 e. The molecule has 0 aliphatic rings. The lowest BCUT2D eigenvalue weighted by atomic mass is 10.2. The number of urea groups is 1. The second-order valence-electron chi connectivity index (χ2n) is 5.12. The summed E-state index contributed by atoms with van der Waals surface area (Å²) >= 11 is 0. The highest BCUT2D eigenvalue weighted by molar-refractivity contribution is 7.92. The van der Waals surface area contributed by atoms with Crippen molar-refractivity contribution in [3.05, 3.63) is 42.5 Å². The van der Waals surface area contributed by atoms with Gasteiger partial charge in [-0.1, -0.05) is 19.1 Å². The summed E-state index contributed by atoms with van der Waals surface area (Å²) in [6, 6.07) is 4.93. The minimum atomic E-state index is -3.49. The Labute approximate surface area is 151 Å². The van der Waals surface area contributed by atoms with Crippen LogP contribution in [-0.4, -0.2) is 45.2 Å². The summed E-state index contributed by atoms with van der Waals surface area (Å²) in [6.45, 7) is 4.66. The quantitative estimate of drug-likeness (QED) is 0.431. The van der Waals surface area contributed by atoms with Crippen molar-refractivity contribution < 1.29 is 27.5 Å². The van der Waals surface area contributed by atoms with E-state index in [0.29, 0.717) is 6.42 Å². The van der Waals surface area contributed by atoms with Gasteiger partial charge in [-0.25, -0.2) is 18.0 Å². The Hall–Kier alpha value is -2.88. The number of esters is 1. The number of anilines is 1. The third-order valence-corrected chi connectivity index (χ3v) is 4.33. The number of amides is 3. The maximum Gasteiger partial charge on any atom is 0.338 e. The molecule has 0 spiro atoms. The van der Waals surface area contributed by atoms with E-state index in [2.05, 4.69) is 16.6 Å². The second-order valence-corrected chi connectivity index (χ2v) is 6.97. The van der Waals surface area contributed by atoms with E-state index in [-0.39, 0.29) is 23.5 Å². The molecule has 0 bridgehead atoms. The lowest BCUT2D eigenvalue weighted by molar-refractivity contribution is -0.123. The number of benzene rings is 1.